The van der Waals surface area contributed by atoms with Gasteiger partial charge in [-0.1, -0.05) is 26.0 Å². The van der Waals surface area contributed by atoms with Gasteiger partial charge in [0.2, 0.25) is 0 Å². The van der Waals surface area contributed by atoms with Crippen molar-refractivity contribution in [3.05, 3.63) is 33.4 Å². The second-order valence-electron chi connectivity index (χ2n) is 5.60. The van der Waals surface area contributed by atoms with Gasteiger partial charge in [-0.05, 0) is 72.6 Å². The summed E-state index contributed by atoms with van der Waals surface area (Å²) in [6.45, 7) is 9.24. The standard InChI is InChI=1S/C16H25IN2/c1-3-16(4-2)13-19(11-5-10-18-16)12-14-6-8-15(17)9-7-14/h6-9,18H,3-5,10-13H2,1-2H3. The predicted octanol–water partition coefficient (Wildman–Crippen LogP) is 3.65. The minimum Gasteiger partial charge on any atom is -0.310 e. The van der Waals surface area contributed by atoms with Crippen LogP contribution >= 0.6 is 22.6 Å². The molecular weight excluding hydrogens is 347 g/mol. The predicted molar refractivity (Wildman–Crippen MR) is 90.4 cm³/mol. The molecule has 0 unspecified atom stereocenters. The molecule has 1 aliphatic rings. The van der Waals surface area contributed by atoms with E-state index in [-0.39, 0.29) is 0 Å². The van der Waals surface area contributed by atoms with Gasteiger partial charge in [-0.15, -0.1) is 0 Å². The van der Waals surface area contributed by atoms with E-state index >= 15 is 0 Å². The van der Waals surface area contributed by atoms with Crippen LogP contribution in [0.25, 0.3) is 0 Å². The molecule has 1 aliphatic heterocycles. The molecule has 1 heterocycles. The molecule has 0 saturated carbocycles. The molecule has 0 amide bonds. The van der Waals surface area contributed by atoms with Crippen molar-refractivity contribution in [2.75, 3.05) is 19.6 Å². The van der Waals surface area contributed by atoms with E-state index in [2.05, 4.69) is 70.9 Å². The van der Waals surface area contributed by atoms with E-state index < -0.39 is 0 Å². The number of rotatable bonds is 4. The zero-order valence-corrected chi connectivity index (χ0v) is 14.2. The number of halogens is 1. The Morgan fingerprint density at radius 3 is 2.53 bits per heavy atom. The minimum absolute atomic E-state index is 0.319. The fraction of sp³-hybridized carbons (Fsp3) is 0.625. The Bertz CT molecular complexity index is 384. The molecule has 0 radical (unpaired) electrons. The Kier molecular flexibility index (Phi) is 5.66. The van der Waals surface area contributed by atoms with Gasteiger partial charge in [-0.2, -0.15) is 0 Å². The van der Waals surface area contributed by atoms with Crippen molar-refractivity contribution in [1.29, 1.82) is 0 Å². The molecule has 1 aromatic rings. The van der Waals surface area contributed by atoms with Gasteiger partial charge in [0.25, 0.3) is 0 Å². The highest BCUT2D eigenvalue weighted by Gasteiger charge is 2.29. The molecule has 2 nitrogen and oxygen atoms in total. The third-order valence-corrected chi connectivity index (χ3v) is 5.07. The number of nitrogens with one attached hydrogen (secondary N) is 1. The highest BCUT2D eigenvalue weighted by Crippen LogP contribution is 2.21. The average molecular weight is 372 g/mol. The maximum Gasteiger partial charge on any atom is 0.0303 e. The summed E-state index contributed by atoms with van der Waals surface area (Å²) >= 11 is 2.37. The molecule has 0 aromatic heterocycles. The molecule has 3 heteroatoms. The Hall–Kier alpha value is -0.130. The van der Waals surface area contributed by atoms with Crippen molar-refractivity contribution < 1.29 is 0 Å². The molecule has 1 N–H and O–H groups in total. The highest BCUT2D eigenvalue weighted by molar-refractivity contribution is 14.1. The van der Waals surface area contributed by atoms with Gasteiger partial charge < -0.3 is 5.32 Å². The van der Waals surface area contributed by atoms with E-state index in [4.69, 9.17) is 0 Å². The lowest BCUT2D eigenvalue weighted by Crippen LogP contribution is -2.50. The van der Waals surface area contributed by atoms with Gasteiger partial charge in [0, 0.05) is 22.2 Å². The van der Waals surface area contributed by atoms with E-state index in [9.17, 15) is 0 Å². The van der Waals surface area contributed by atoms with Crippen molar-refractivity contribution in [3.63, 3.8) is 0 Å². The normalized spacial score (nSPS) is 20.2. The van der Waals surface area contributed by atoms with E-state index in [1.807, 2.05) is 0 Å². The van der Waals surface area contributed by atoms with Crippen molar-refractivity contribution in [3.8, 4) is 0 Å². The third-order valence-electron chi connectivity index (χ3n) is 4.35. The molecule has 1 fully saturated rings. The van der Waals surface area contributed by atoms with Crippen LogP contribution in [-0.2, 0) is 6.54 Å². The molecule has 0 spiro atoms. The molecule has 0 bridgehead atoms. The molecule has 1 saturated heterocycles. The Morgan fingerprint density at radius 1 is 1.21 bits per heavy atom. The minimum atomic E-state index is 0.319. The summed E-state index contributed by atoms with van der Waals surface area (Å²) in [4.78, 5) is 2.62. The summed E-state index contributed by atoms with van der Waals surface area (Å²) in [5.41, 5.74) is 1.75. The summed E-state index contributed by atoms with van der Waals surface area (Å²) < 4.78 is 1.32. The smallest absolute Gasteiger partial charge is 0.0303 e. The van der Waals surface area contributed by atoms with E-state index in [0.717, 1.165) is 13.1 Å². The van der Waals surface area contributed by atoms with Crippen LogP contribution in [0.5, 0.6) is 0 Å². The first kappa shape index (κ1) is 15.3. The van der Waals surface area contributed by atoms with Gasteiger partial charge >= 0.3 is 0 Å². The zero-order chi connectivity index (χ0) is 13.7. The monoisotopic (exact) mass is 372 g/mol. The van der Waals surface area contributed by atoms with Gasteiger partial charge in [0.1, 0.15) is 0 Å². The summed E-state index contributed by atoms with van der Waals surface area (Å²) in [7, 11) is 0. The SMILES string of the molecule is CCC1(CC)CN(Cc2ccc(I)cc2)CCCN1. The lowest BCUT2D eigenvalue weighted by atomic mass is 9.92. The highest BCUT2D eigenvalue weighted by atomic mass is 127. The second-order valence-corrected chi connectivity index (χ2v) is 6.85. The van der Waals surface area contributed by atoms with Gasteiger partial charge in [-0.3, -0.25) is 4.90 Å². The molecule has 0 atom stereocenters. The molecular formula is C16H25IN2. The second kappa shape index (κ2) is 7.04. The van der Waals surface area contributed by atoms with Crippen LogP contribution in [0.3, 0.4) is 0 Å². The van der Waals surface area contributed by atoms with Crippen LogP contribution in [0.4, 0.5) is 0 Å². The largest absolute Gasteiger partial charge is 0.310 e. The molecule has 2 rings (SSSR count). The molecule has 0 aliphatic carbocycles. The van der Waals surface area contributed by atoms with Crippen LogP contribution in [0, 0.1) is 3.57 Å². The van der Waals surface area contributed by atoms with Gasteiger partial charge in [0.15, 0.2) is 0 Å². The van der Waals surface area contributed by atoms with Crippen molar-refractivity contribution >= 4 is 22.6 Å². The first-order valence-corrected chi connectivity index (χ1v) is 8.47. The average Bonchev–Trinajstić information content (AvgIpc) is 2.64. The van der Waals surface area contributed by atoms with Crippen molar-refractivity contribution in [2.45, 2.75) is 45.2 Å². The van der Waals surface area contributed by atoms with Gasteiger partial charge in [-0.25, -0.2) is 0 Å². The summed E-state index contributed by atoms with van der Waals surface area (Å²) in [6, 6.07) is 8.94. The Balaban J connectivity index is 2.04. The van der Waals surface area contributed by atoms with Crippen LogP contribution in [-0.4, -0.2) is 30.1 Å². The summed E-state index contributed by atoms with van der Waals surface area (Å²) in [6.07, 6.45) is 3.69. The van der Waals surface area contributed by atoms with Crippen LogP contribution in [0.15, 0.2) is 24.3 Å². The van der Waals surface area contributed by atoms with Gasteiger partial charge in [0.05, 0.1) is 0 Å². The number of hydrogen-bond acceptors (Lipinski definition) is 2. The van der Waals surface area contributed by atoms with E-state index in [1.165, 1.54) is 41.5 Å². The van der Waals surface area contributed by atoms with Crippen molar-refractivity contribution in [2.24, 2.45) is 0 Å². The molecule has 1 aromatic carbocycles. The first-order valence-electron chi connectivity index (χ1n) is 7.39. The summed E-state index contributed by atoms with van der Waals surface area (Å²) in [5, 5.41) is 3.78. The third kappa shape index (κ3) is 4.17. The fourth-order valence-corrected chi connectivity index (χ4v) is 3.29. The number of benzene rings is 1. The molecule has 106 valence electrons. The van der Waals surface area contributed by atoms with Crippen molar-refractivity contribution in [1.82, 2.24) is 10.2 Å². The summed E-state index contributed by atoms with van der Waals surface area (Å²) in [5.74, 6) is 0. The fourth-order valence-electron chi connectivity index (χ4n) is 2.93. The molecule has 19 heavy (non-hydrogen) atoms. The maximum atomic E-state index is 3.78. The Morgan fingerprint density at radius 2 is 1.89 bits per heavy atom. The zero-order valence-electron chi connectivity index (χ0n) is 12.1. The van der Waals surface area contributed by atoms with E-state index in [0.29, 0.717) is 5.54 Å². The van der Waals surface area contributed by atoms with E-state index in [1.54, 1.807) is 0 Å². The lowest BCUT2D eigenvalue weighted by molar-refractivity contribution is 0.191. The van der Waals surface area contributed by atoms with Crippen LogP contribution in [0.1, 0.15) is 38.7 Å². The maximum absolute atomic E-state index is 3.78. The van der Waals surface area contributed by atoms with Crippen LogP contribution < -0.4 is 5.32 Å². The Labute approximate surface area is 131 Å². The number of nitrogens with zero attached hydrogens (tertiary/aromatic N) is 1. The quantitative estimate of drug-likeness (QED) is 0.812. The number of hydrogen-bond donors (Lipinski definition) is 1. The van der Waals surface area contributed by atoms with Crippen LogP contribution in [0.2, 0.25) is 0 Å². The first-order chi connectivity index (χ1) is 9.17. The lowest BCUT2D eigenvalue weighted by Gasteiger charge is -2.35. The topological polar surface area (TPSA) is 15.3 Å².